The van der Waals surface area contributed by atoms with Crippen LogP contribution in [0.4, 0.5) is 4.79 Å². The fraction of sp³-hybridized carbons (Fsp3) is 0.850. The first-order valence-electron chi connectivity index (χ1n) is 9.37. The van der Waals surface area contributed by atoms with Gasteiger partial charge in [0.05, 0.1) is 6.61 Å². The van der Waals surface area contributed by atoms with Crippen molar-refractivity contribution in [3.8, 4) is 0 Å². The van der Waals surface area contributed by atoms with E-state index >= 15 is 0 Å². The third kappa shape index (κ3) is 4.53. The van der Waals surface area contributed by atoms with Gasteiger partial charge in [-0.2, -0.15) is 0 Å². The van der Waals surface area contributed by atoms with Crippen molar-refractivity contribution in [3.63, 3.8) is 0 Å². The van der Waals surface area contributed by atoms with Crippen LogP contribution in [0, 0.1) is 23.2 Å². The molecular weight excluding hydrogens is 302 g/mol. The molecule has 24 heavy (non-hydrogen) atoms. The molecule has 4 nitrogen and oxygen atoms in total. The van der Waals surface area contributed by atoms with Gasteiger partial charge in [0, 0.05) is 12.6 Å². The Morgan fingerprint density at radius 2 is 1.96 bits per heavy atom. The lowest BCUT2D eigenvalue weighted by molar-refractivity contribution is -0.113. The van der Waals surface area contributed by atoms with Crippen molar-refractivity contribution >= 4 is 6.09 Å². The number of hydrogen-bond donors (Lipinski definition) is 1. The SMILES string of the molecule is CCOC/C=C\C[C@H]1C[C@H]2C[C@@H]([C@@H]1NC(=O)OC(C)(C)C)C2(C)C. The molecule has 0 radical (unpaired) electrons. The molecule has 0 aromatic rings. The molecule has 3 aliphatic rings. The minimum absolute atomic E-state index is 0.205. The van der Waals surface area contributed by atoms with Gasteiger partial charge in [-0.15, -0.1) is 0 Å². The summed E-state index contributed by atoms with van der Waals surface area (Å²) in [4.78, 5) is 12.3. The second-order valence-electron chi connectivity index (χ2n) is 8.89. The first-order valence-corrected chi connectivity index (χ1v) is 9.37. The standard InChI is InChI=1S/C20H35NO3/c1-7-23-11-9-8-10-14-12-15-13-16(20(15,5)6)17(14)21-18(22)24-19(2,3)4/h8-9,14-17H,7,10-13H2,1-6H3,(H,21,22)/b9-8-/t14-,15-,16-,17+/m0/s1. The van der Waals surface area contributed by atoms with Crippen LogP contribution < -0.4 is 5.32 Å². The maximum absolute atomic E-state index is 12.3. The lowest BCUT2D eigenvalue weighted by Crippen LogP contribution is -2.63. The van der Waals surface area contributed by atoms with Crippen molar-refractivity contribution < 1.29 is 14.3 Å². The van der Waals surface area contributed by atoms with Crippen molar-refractivity contribution in [2.24, 2.45) is 23.2 Å². The van der Waals surface area contributed by atoms with E-state index < -0.39 is 5.60 Å². The number of carbonyl (C=O) groups is 1. The lowest BCUT2D eigenvalue weighted by atomic mass is 9.44. The summed E-state index contributed by atoms with van der Waals surface area (Å²) >= 11 is 0. The Bertz CT molecular complexity index is 464. The monoisotopic (exact) mass is 337 g/mol. The Morgan fingerprint density at radius 1 is 1.25 bits per heavy atom. The van der Waals surface area contributed by atoms with Crippen LogP contribution in [0.5, 0.6) is 0 Å². The van der Waals surface area contributed by atoms with Crippen molar-refractivity contribution in [3.05, 3.63) is 12.2 Å². The molecule has 0 aromatic carbocycles. The van der Waals surface area contributed by atoms with E-state index in [1.807, 2.05) is 27.7 Å². The maximum Gasteiger partial charge on any atom is 0.407 e. The van der Waals surface area contributed by atoms with Crippen molar-refractivity contribution in [2.75, 3.05) is 13.2 Å². The second kappa shape index (κ2) is 7.47. The number of alkyl carbamates (subject to hydrolysis) is 1. The maximum atomic E-state index is 12.3. The van der Waals surface area contributed by atoms with Crippen LogP contribution in [0.25, 0.3) is 0 Å². The Hall–Kier alpha value is -1.03. The van der Waals surface area contributed by atoms with Gasteiger partial charge in [0.15, 0.2) is 0 Å². The zero-order valence-electron chi connectivity index (χ0n) is 16.2. The zero-order valence-corrected chi connectivity index (χ0v) is 16.2. The second-order valence-corrected chi connectivity index (χ2v) is 8.89. The largest absolute Gasteiger partial charge is 0.444 e. The highest BCUT2D eigenvalue weighted by molar-refractivity contribution is 5.68. The fourth-order valence-electron chi connectivity index (χ4n) is 4.34. The van der Waals surface area contributed by atoms with Crippen LogP contribution in [-0.2, 0) is 9.47 Å². The van der Waals surface area contributed by atoms with Crippen LogP contribution in [0.15, 0.2) is 12.2 Å². The minimum atomic E-state index is -0.455. The average molecular weight is 338 g/mol. The van der Waals surface area contributed by atoms with E-state index in [1.165, 1.54) is 12.8 Å². The lowest BCUT2D eigenvalue weighted by Gasteiger charge is -2.62. The van der Waals surface area contributed by atoms with E-state index in [4.69, 9.17) is 9.47 Å². The Morgan fingerprint density at radius 3 is 2.54 bits per heavy atom. The number of ether oxygens (including phenoxy) is 2. The van der Waals surface area contributed by atoms with Gasteiger partial charge in [-0.1, -0.05) is 26.0 Å². The molecule has 4 atom stereocenters. The minimum Gasteiger partial charge on any atom is -0.444 e. The number of fused-ring (bicyclic) bond motifs is 2. The van der Waals surface area contributed by atoms with E-state index in [-0.39, 0.29) is 12.1 Å². The van der Waals surface area contributed by atoms with Crippen LogP contribution in [0.3, 0.4) is 0 Å². The number of nitrogens with one attached hydrogen (secondary N) is 1. The smallest absolute Gasteiger partial charge is 0.407 e. The van der Waals surface area contributed by atoms with Gasteiger partial charge >= 0.3 is 6.09 Å². The highest BCUT2D eigenvalue weighted by Gasteiger charge is 2.57. The molecule has 3 saturated carbocycles. The molecule has 3 aliphatic carbocycles. The third-order valence-corrected chi connectivity index (χ3v) is 5.78. The van der Waals surface area contributed by atoms with Gasteiger partial charge in [-0.3, -0.25) is 0 Å². The number of carbonyl (C=O) groups excluding carboxylic acids is 1. The third-order valence-electron chi connectivity index (χ3n) is 5.78. The fourth-order valence-corrected chi connectivity index (χ4v) is 4.34. The van der Waals surface area contributed by atoms with Gasteiger partial charge in [0.1, 0.15) is 5.60 Å². The summed E-state index contributed by atoms with van der Waals surface area (Å²) in [6, 6.07) is 0.205. The molecule has 0 unspecified atom stereocenters. The topological polar surface area (TPSA) is 47.6 Å². The Balaban J connectivity index is 1.98. The van der Waals surface area contributed by atoms with E-state index in [2.05, 4.69) is 31.3 Å². The molecule has 1 N–H and O–H groups in total. The molecule has 138 valence electrons. The van der Waals surface area contributed by atoms with E-state index in [1.54, 1.807) is 0 Å². The summed E-state index contributed by atoms with van der Waals surface area (Å²) in [5.41, 5.74) is -0.130. The summed E-state index contributed by atoms with van der Waals surface area (Å²) in [7, 11) is 0. The Labute approximate surface area is 147 Å². The first-order chi connectivity index (χ1) is 11.1. The number of amides is 1. The molecule has 3 fully saturated rings. The van der Waals surface area contributed by atoms with Crippen LogP contribution >= 0.6 is 0 Å². The predicted molar refractivity (Wildman–Crippen MR) is 96.9 cm³/mol. The van der Waals surface area contributed by atoms with Gasteiger partial charge in [0.25, 0.3) is 0 Å². The van der Waals surface area contributed by atoms with E-state index in [9.17, 15) is 4.79 Å². The van der Waals surface area contributed by atoms with E-state index in [0.29, 0.717) is 23.9 Å². The highest BCUT2D eigenvalue weighted by Crippen LogP contribution is 2.61. The molecule has 0 heterocycles. The summed E-state index contributed by atoms with van der Waals surface area (Å²) in [5, 5.41) is 3.19. The number of allylic oxidation sites excluding steroid dienone is 1. The van der Waals surface area contributed by atoms with Gasteiger partial charge in [-0.05, 0) is 70.1 Å². The molecule has 1 amide bonds. The van der Waals surface area contributed by atoms with Gasteiger partial charge in [-0.25, -0.2) is 4.79 Å². The number of rotatable bonds is 6. The van der Waals surface area contributed by atoms with Crippen molar-refractivity contribution in [2.45, 2.75) is 72.4 Å². The Kier molecular flexibility index (Phi) is 6.00. The molecule has 0 aromatic heterocycles. The van der Waals surface area contributed by atoms with Crippen LogP contribution in [0.1, 0.15) is 60.8 Å². The van der Waals surface area contributed by atoms with Crippen molar-refractivity contribution in [1.29, 1.82) is 0 Å². The molecular formula is C20H35NO3. The molecule has 0 aliphatic heterocycles. The molecule has 4 heteroatoms. The summed E-state index contributed by atoms with van der Waals surface area (Å²) in [5.74, 6) is 1.82. The quantitative estimate of drug-likeness (QED) is 0.571. The van der Waals surface area contributed by atoms with Crippen molar-refractivity contribution in [1.82, 2.24) is 5.32 Å². The first kappa shape index (κ1) is 19.3. The molecule has 0 spiro atoms. The highest BCUT2D eigenvalue weighted by atomic mass is 16.6. The zero-order chi connectivity index (χ0) is 18.0. The average Bonchev–Trinajstić information content (AvgIpc) is 2.45. The molecule has 3 rings (SSSR count). The van der Waals surface area contributed by atoms with Gasteiger partial charge in [0.2, 0.25) is 0 Å². The van der Waals surface area contributed by atoms with Crippen LogP contribution in [0.2, 0.25) is 0 Å². The van der Waals surface area contributed by atoms with Gasteiger partial charge < -0.3 is 14.8 Å². The van der Waals surface area contributed by atoms with Crippen LogP contribution in [-0.4, -0.2) is 30.9 Å². The normalized spacial score (nSPS) is 31.6. The summed E-state index contributed by atoms with van der Waals surface area (Å²) < 4.78 is 10.8. The van der Waals surface area contributed by atoms with E-state index in [0.717, 1.165) is 18.9 Å². The molecule has 0 saturated heterocycles. The predicted octanol–water partition coefficient (Wildman–Crippen LogP) is 4.54. The summed E-state index contributed by atoms with van der Waals surface area (Å²) in [6.07, 6.45) is 7.44. The molecule has 2 bridgehead atoms. The number of hydrogen-bond acceptors (Lipinski definition) is 3. The summed E-state index contributed by atoms with van der Waals surface area (Å²) in [6.45, 7) is 13.8.